The van der Waals surface area contributed by atoms with Crippen molar-refractivity contribution in [3.8, 4) is 0 Å². The summed E-state index contributed by atoms with van der Waals surface area (Å²) in [6.07, 6.45) is 1.25. The van der Waals surface area contributed by atoms with Crippen LogP contribution in [0.25, 0.3) is 0 Å². The molecule has 0 spiro atoms. The summed E-state index contributed by atoms with van der Waals surface area (Å²) < 4.78 is 1.21. The molecule has 0 aromatic heterocycles. The zero-order valence-corrected chi connectivity index (χ0v) is 12.6. The molecule has 1 unspecified atom stereocenters. The highest BCUT2D eigenvalue weighted by molar-refractivity contribution is 9.10. The van der Waals surface area contributed by atoms with Gasteiger partial charge in [-0.15, -0.1) is 0 Å². The molecule has 18 heavy (non-hydrogen) atoms. The molecule has 1 atom stereocenters. The third-order valence-electron chi connectivity index (χ3n) is 3.70. The standard InChI is InChI=1S/C14H22BrN3/c1-17(9-7-16)13-6-8-18(11-13)10-12-4-2-3-5-14(12)15/h2-5,13H,6-11,16H2,1H3. The van der Waals surface area contributed by atoms with Crippen molar-refractivity contribution in [3.63, 3.8) is 0 Å². The number of hydrogen-bond acceptors (Lipinski definition) is 3. The highest BCUT2D eigenvalue weighted by atomic mass is 79.9. The highest BCUT2D eigenvalue weighted by Crippen LogP contribution is 2.21. The number of likely N-dealkylation sites (N-methyl/N-ethyl adjacent to an activating group) is 1. The van der Waals surface area contributed by atoms with E-state index in [4.69, 9.17) is 5.73 Å². The van der Waals surface area contributed by atoms with Gasteiger partial charge < -0.3 is 10.6 Å². The van der Waals surface area contributed by atoms with E-state index in [2.05, 4.69) is 57.0 Å². The van der Waals surface area contributed by atoms with Crippen LogP contribution in [0.2, 0.25) is 0 Å². The Hall–Kier alpha value is -0.420. The summed E-state index contributed by atoms with van der Waals surface area (Å²) in [4.78, 5) is 4.91. The number of rotatable bonds is 5. The fourth-order valence-electron chi connectivity index (χ4n) is 2.57. The second-order valence-electron chi connectivity index (χ2n) is 5.04. The van der Waals surface area contributed by atoms with Gasteiger partial charge in [-0.05, 0) is 25.1 Å². The molecule has 100 valence electrons. The monoisotopic (exact) mass is 311 g/mol. The summed E-state index contributed by atoms with van der Waals surface area (Å²) in [5.74, 6) is 0. The van der Waals surface area contributed by atoms with E-state index < -0.39 is 0 Å². The lowest BCUT2D eigenvalue weighted by molar-refractivity contribution is 0.234. The van der Waals surface area contributed by atoms with Crippen LogP contribution >= 0.6 is 15.9 Å². The summed E-state index contributed by atoms with van der Waals surface area (Å²) in [6.45, 7) is 5.11. The van der Waals surface area contributed by atoms with Crippen molar-refractivity contribution in [1.82, 2.24) is 9.80 Å². The maximum Gasteiger partial charge on any atom is 0.0245 e. The molecule has 3 nitrogen and oxygen atoms in total. The Labute approximate surface area is 118 Å². The van der Waals surface area contributed by atoms with Gasteiger partial charge in [0.2, 0.25) is 0 Å². The molecule has 1 saturated heterocycles. The third kappa shape index (κ3) is 3.54. The van der Waals surface area contributed by atoms with Crippen LogP contribution in [-0.4, -0.2) is 49.1 Å². The molecule has 0 amide bonds. The molecule has 0 bridgehead atoms. The molecule has 4 heteroatoms. The quantitative estimate of drug-likeness (QED) is 0.901. The first-order valence-corrected chi connectivity index (χ1v) is 7.36. The minimum Gasteiger partial charge on any atom is -0.329 e. The van der Waals surface area contributed by atoms with Gasteiger partial charge in [0.15, 0.2) is 0 Å². The molecule has 1 aliphatic rings. The van der Waals surface area contributed by atoms with Crippen molar-refractivity contribution >= 4 is 15.9 Å². The molecule has 1 aliphatic heterocycles. The SMILES string of the molecule is CN(CCN)C1CCN(Cc2ccccc2Br)C1. The normalized spacial score (nSPS) is 20.8. The Morgan fingerprint density at radius 1 is 1.44 bits per heavy atom. The summed E-state index contributed by atoms with van der Waals surface area (Å²) >= 11 is 3.62. The molecule has 2 N–H and O–H groups in total. The molecular formula is C14H22BrN3. The van der Waals surface area contributed by atoms with Crippen molar-refractivity contribution in [3.05, 3.63) is 34.3 Å². The number of halogens is 1. The van der Waals surface area contributed by atoms with Crippen LogP contribution in [0.3, 0.4) is 0 Å². The van der Waals surface area contributed by atoms with Crippen molar-refractivity contribution in [2.75, 3.05) is 33.2 Å². The number of likely N-dealkylation sites (tertiary alicyclic amines) is 1. The topological polar surface area (TPSA) is 32.5 Å². The van der Waals surface area contributed by atoms with Crippen LogP contribution in [0.4, 0.5) is 0 Å². The molecule has 1 aromatic carbocycles. The summed E-state index contributed by atoms with van der Waals surface area (Å²) in [5, 5.41) is 0. The van der Waals surface area contributed by atoms with Gasteiger partial charge >= 0.3 is 0 Å². The molecule has 0 saturated carbocycles. The minimum atomic E-state index is 0.663. The zero-order valence-electron chi connectivity index (χ0n) is 11.0. The molecule has 1 aromatic rings. The lowest BCUT2D eigenvalue weighted by Gasteiger charge is -2.24. The largest absolute Gasteiger partial charge is 0.329 e. The number of nitrogens with two attached hydrogens (primary N) is 1. The van der Waals surface area contributed by atoms with E-state index in [9.17, 15) is 0 Å². The van der Waals surface area contributed by atoms with Gasteiger partial charge in [-0.1, -0.05) is 34.1 Å². The Morgan fingerprint density at radius 3 is 2.94 bits per heavy atom. The van der Waals surface area contributed by atoms with Crippen molar-refractivity contribution in [2.45, 2.75) is 19.0 Å². The molecule has 1 fully saturated rings. The van der Waals surface area contributed by atoms with Gasteiger partial charge in [-0.25, -0.2) is 0 Å². The van der Waals surface area contributed by atoms with Gasteiger partial charge in [-0.3, -0.25) is 4.90 Å². The predicted octanol–water partition coefficient (Wildman–Crippen LogP) is 1.91. The van der Waals surface area contributed by atoms with E-state index in [0.29, 0.717) is 6.04 Å². The van der Waals surface area contributed by atoms with E-state index in [1.165, 1.54) is 23.0 Å². The maximum atomic E-state index is 5.61. The Kier molecular flexibility index (Phi) is 5.18. The second-order valence-corrected chi connectivity index (χ2v) is 5.89. The fraction of sp³-hybridized carbons (Fsp3) is 0.571. The smallest absolute Gasteiger partial charge is 0.0245 e. The van der Waals surface area contributed by atoms with Gasteiger partial charge in [0.05, 0.1) is 0 Å². The number of benzene rings is 1. The molecule has 0 aliphatic carbocycles. The van der Waals surface area contributed by atoms with E-state index in [1.54, 1.807) is 0 Å². The minimum absolute atomic E-state index is 0.663. The predicted molar refractivity (Wildman–Crippen MR) is 79.5 cm³/mol. The average Bonchev–Trinajstić information content (AvgIpc) is 2.81. The number of hydrogen-bond donors (Lipinski definition) is 1. The van der Waals surface area contributed by atoms with Gasteiger partial charge in [0.1, 0.15) is 0 Å². The van der Waals surface area contributed by atoms with Crippen molar-refractivity contribution < 1.29 is 0 Å². The van der Waals surface area contributed by atoms with Crippen LogP contribution in [0, 0.1) is 0 Å². The Bertz CT molecular complexity index is 383. The van der Waals surface area contributed by atoms with Gasteiger partial charge in [0, 0.05) is 43.2 Å². The Morgan fingerprint density at radius 2 is 2.22 bits per heavy atom. The summed E-state index contributed by atoms with van der Waals surface area (Å²) in [7, 11) is 2.18. The van der Waals surface area contributed by atoms with Crippen molar-refractivity contribution in [1.29, 1.82) is 0 Å². The van der Waals surface area contributed by atoms with Crippen LogP contribution < -0.4 is 5.73 Å². The molecule has 1 heterocycles. The second kappa shape index (κ2) is 6.66. The Balaban J connectivity index is 1.88. The first-order valence-electron chi connectivity index (χ1n) is 6.56. The molecule has 2 rings (SSSR count). The first-order chi connectivity index (χ1) is 8.70. The summed E-state index contributed by atoms with van der Waals surface area (Å²) in [5.41, 5.74) is 6.99. The van der Waals surface area contributed by atoms with E-state index in [-0.39, 0.29) is 0 Å². The third-order valence-corrected chi connectivity index (χ3v) is 4.48. The van der Waals surface area contributed by atoms with Crippen LogP contribution in [-0.2, 0) is 6.54 Å². The lowest BCUT2D eigenvalue weighted by atomic mass is 10.2. The lowest BCUT2D eigenvalue weighted by Crippen LogP contribution is -2.37. The van der Waals surface area contributed by atoms with E-state index in [0.717, 1.165) is 26.2 Å². The van der Waals surface area contributed by atoms with E-state index in [1.807, 2.05) is 0 Å². The first kappa shape index (κ1) is 14.0. The van der Waals surface area contributed by atoms with Crippen molar-refractivity contribution in [2.24, 2.45) is 5.73 Å². The van der Waals surface area contributed by atoms with Crippen LogP contribution in [0.15, 0.2) is 28.7 Å². The maximum absolute atomic E-state index is 5.61. The van der Waals surface area contributed by atoms with E-state index >= 15 is 0 Å². The zero-order chi connectivity index (χ0) is 13.0. The summed E-state index contributed by atoms with van der Waals surface area (Å²) in [6, 6.07) is 9.14. The van der Waals surface area contributed by atoms with Gasteiger partial charge in [-0.2, -0.15) is 0 Å². The van der Waals surface area contributed by atoms with Gasteiger partial charge in [0.25, 0.3) is 0 Å². The average molecular weight is 312 g/mol. The van der Waals surface area contributed by atoms with Crippen LogP contribution in [0.1, 0.15) is 12.0 Å². The number of nitrogens with zero attached hydrogens (tertiary/aromatic N) is 2. The van der Waals surface area contributed by atoms with Crippen LogP contribution in [0.5, 0.6) is 0 Å². The molecule has 0 radical (unpaired) electrons. The highest BCUT2D eigenvalue weighted by Gasteiger charge is 2.25. The molecular weight excluding hydrogens is 290 g/mol. The fourth-order valence-corrected chi connectivity index (χ4v) is 2.98.